The Hall–Kier alpha value is 0.270. The van der Waals surface area contributed by atoms with Gasteiger partial charge in [0.05, 0.1) is 5.60 Å². The fourth-order valence-corrected chi connectivity index (χ4v) is 3.08. The summed E-state index contributed by atoms with van der Waals surface area (Å²) < 4.78 is 0.523. The minimum absolute atomic E-state index is 0.380. The van der Waals surface area contributed by atoms with Crippen LogP contribution in [-0.4, -0.2) is 34.8 Å². The molecule has 0 atom stereocenters. The molecule has 0 radical (unpaired) electrons. The van der Waals surface area contributed by atoms with Crippen molar-refractivity contribution in [2.75, 3.05) is 19.3 Å². The number of aliphatic hydroxyl groups is 1. The van der Waals surface area contributed by atoms with E-state index >= 15 is 0 Å². The molecule has 2 N–H and O–H groups in total. The maximum absolute atomic E-state index is 10.1. The van der Waals surface area contributed by atoms with E-state index in [-0.39, 0.29) is 5.60 Å². The van der Waals surface area contributed by atoms with Crippen molar-refractivity contribution in [2.45, 2.75) is 48.9 Å². The van der Waals surface area contributed by atoms with Crippen molar-refractivity contribution >= 4 is 11.8 Å². The van der Waals surface area contributed by atoms with Crippen molar-refractivity contribution < 1.29 is 5.11 Å². The van der Waals surface area contributed by atoms with Crippen molar-refractivity contribution in [3.63, 3.8) is 0 Å². The predicted molar refractivity (Wildman–Crippen MR) is 61.8 cm³/mol. The first-order valence-corrected chi connectivity index (χ1v) is 6.89. The first-order chi connectivity index (χ1) is 6.68. The Morgan fingerprint density at radius 2 is 1.79 bits per heavy atom. The van der Waals surface area contributed by atoms with Crippen LogP contribution < -0.4 is 5.32 Å². The molecular formula is C11H21NOS. The van der Waals surface area contributed by atoms with Crippen LogP contribution in [0.25, 0.3) is 0 Å². The molecule has 2 aliphatic carbocycles. The molecule has 0 amide bonds. The topological polar surface area (TPSA) is 32.3 Å². The second-order valence-electron chi connectivity index (χ2n) is 4.92. The van der Waals surface area contributed by atoms with Crippen molar-refractivity contribution in [1.29, 1.82) is 0 Å². The molecule has 2 nitrogen and oxygen atoms in total. The normalized spacial score (nSPS) is 27.9. The van der Waals surface area contributed by atoms with Gasteiger partial charge in [0, 0.05) is 17.8 Å². The van der Waals surface area contributed by atoms with Gasteiger partial charge in [-0.1, -0.05) is 12.8 Å². The summed E-state index contributed by atoms with van der Waals surface area (Å²) in [5.41, 5.74) is -0.380. The zero-order valence-electron chi connectivity index (χ0n) is 9.01. The van der Waals surface area contributed by atoms with Gasteiger partial charge in [0.2, 0.25) is 0 Å². The molecule has 0 spiro atoms. The molecule has 2 rings (SSSR count). The Bertz CT molecular complexity index is 197. The molecule has 3 heteroatoms. The summed E-state index contributed by atoms with van der Waals surface area (Å²) in [6, 6.07) is 0. The number of hydrogen-bond donors (Lipinski definition) is 2. The molecule has 0 unspecified atom stereocenters. The first kappa shape index (κ1) is 10.8. The van der Waals surface area contributed by atoms with E-state index in [1.807, 2.05) is 11.8 Å². The van der Waals surface area contributed by atoms with E-state index in [1.165, 1.54) is 25.7 Å². The summed E-state index contributed by atoms with van der Waals surface area (Å²) >= 11 is 1.98. The molecule has 2 fully saturated rings. The Morgan fingerprint density at radius 1 is 1.14 bits per heavy atom. The Balaban J connectivity index is 1.67. The lowest BCUT2D eigenvalue weighted by molar-refractivity contribution is 0.0479. The van der Waals surface area contributed by atoms with E-state index in [9.17, 15) is 5.11 Å². The first-order valence-electron chi connectivity index (χ1n) is 5.66. The second-order valence-corrected chi connectivity index (χ2v) is 6.20. The van der Waals surface area contributed by atoms with Crippen molar-refractivity contribution in [3.8, 4) is 0 Å². The van der Waals surface area contributed by atoms with Gasteiger partial charge in [0.15, 0.2) is 0 Å². The molecule has 0 aromatic rings. The minimum atomic E-state index is -0.380. The molecular weight excluding hydrogens is 194 g/mol. The van der Waals surface area contributed by atoms with Crippen molar-refractivity contribution in [1.82, 2.24) is 5.32 Å². The van der Waals surface area contributed by atoms with Crippen LogP contribution >= 0.6 is 11.8 Å². The Morgan fingerprint density at radius 3 is 2.29 bits per heavy atom. The van der Waals surface area contributed by atoms with Crippen LogP contribution in [0.4, 0.5) is 0 Å². The smallest absolute Gasteiger partial charge is 0.0771 e. The third kappa shape index (κ3) is 2.44. The third-order valence-electron chi connectivity index (χ3n) is 3.68. The fraction of sp³-hybridized carbons (Fsp3) is 1.00. The summed E-state index contributed by atoms with van der Waals surface area (Å²) in [6.07, 6.45) is 9.27. The summed E-state index contributed by atoms with van der Waals surface area (Å²) in [7, 11) is 0. The molecule has 0 bridgehead atoms. The number of rotatable bonds is 5. The highest BCUT2D eigenvalue weighted by Crippen LogP contribution is 2.46. The van der Waals surface area contributed by atoms with E-state index in [1.54, 1.807) is 0 Å². The number of thioether (sulfide) groups is 1. The van der Waals surface area contributed by atoms with E-state index in [0.717, 1.165) is 25.9 Å². The van der Waals surface area contributed by atoms with Gasteiger partial charge in [0.25, 0.3) is 0 Å². The highest BCUT2D eigenvalue weighted by atomic mass is 32.2. The molecule has 14 heavy (non-hydrogen) atoms. The van der Waals surface area contributed by atoms with Crippen LogP contribution in [0.2, 0.25) is 0 Å². The largest absolute Gasteiger partial charge is 0.389 e. The maximum Gasteiger partial charge on any atom is 0.0771 e. The fourth-order valence-electron chi connectivity index (χ4n) is 2.33. The van der Waals surface area contributed by atoms with Crippen LogP contribution in [-0.2, 0) is 0 Å². The van der Waals surface area contributed by atoms with Crippen LogP contribution in [0.3, 0.4) is 0 Å². The zero-order chi connectivity index (χ0) is 10.1. The number of hydrogen-bond acceptors (Lipinski definition) is 3. The maximum atomic E-state index is 10.1. The molecule has 2 saturated carbocycles. The van der Waals surface area contributed by atoms with E-state index in [2.05, 4.69) is 11.6 Å². The molecule has 82 valence electrons. The van der Waals surface area contributed by atoms with Crippen LogP contribution in [0.1, 0.15) is 38.5 Å². The van der Waals surface area contributed by atoms with Gasteiger partial charge in [0.1, 0.15) is 0 Å². The quantitative estimate of drug-likeness (QED) is 0.733. The van der Waals surface area contributed by atoms with E-state index in [0.29, 0.717) is 4.75 Å². The van der Waals surface area contributed by atoms with Gasteiger partial charge >= 0.3 is 0 Å². The van der Waals surface area contributed by atoms with E-state index in [4.69, 9.17) is 0 Å². The summed E-state index contributed by atoms with van der Waals surface area (Å²) in [5, 5.41) is 13.6. The second kappa shape index (κ2) is 4.03. The Kier molecular flexibility index (Phi) is 3.10. The summed E-state index contributed by atoms with van der Waals surface area (Å²) in [6.45, 7) is 1.88. The average Bonchev–Trinajstić information content (AvgIpc) is 2.83. The van der Waals surface area contributed by atoms with Gasteiger partial charge in [-0.05, 0) is 31.9 Å². The van der Waals surface area contributed by atoms with Gasteiger partial charge in [-0.25, -0.2) is 0 Å². The highest BCUT2D eigenvalue weighted by molar-refractivity contribution is 8.00. The molecule has 2 aliphatic rings. The molecule has 0 aliphatic heterocycles. The Labute approximate surface area is 90.8 Å². The minimum Gasteiger partial charge on any atom is -0.389 e. The molecule has 0 aromatic carbocycles. The standard InChI is InChI=1S/C11H21NOS/c1-14-11(6-7-11)9-12-8-10(13)4-2-3-5-10/h12-13H,2-9H2,1H3. The monoisotopic (exact) mass is 215 g/mol. The van der Waals surface area contributed by atoms with Crippen LogP contribution in [0.15, 0.2) is 0 Å². The van der Waals surface area contributed by atoms with Crippen LogP contribution in [0.5, 0.6) is 0 Å². The van der Waals surface area contributed by atoms with Gasteiger partial charge < -0.3 is 10.4 Å². The lowest BCUT2D eigenvalue weighted by atomic mass is 10.0. The predicted octanol–water partition coefficient (Wildman–Crippen LogP) is 1.78. The SMILES string of the molecule is CSC1(CNCC2(O)CCCC2)CC1. The van der Waals surface area contributed by atoms with Crippen LogP contribution in [0, 0.1) is 0 Å². The van der Waals surface area contributed by atoms with Crippen molar-refractivity contribution in [3.05, 3.63) is 0 Å². The summed E-state index contributed by atoms with van der Waals surface area (Å²) in [4.78, 5) is 0. The van der Waals surface area contributed by atoms with Gasteiger partial charge in [-0.3, -0.25) is 0 Å². The summed E-state index contributed by atoms with van der Waals surface area (Å²) in [5.74, 6) is 0. The van der Waals surface area contributed by atoms with E-state index < -0.39 is 0 Å². The molecule has 0 heterocycles. The lowest BCUT2D eigenvalue weighted by Crippen LogP contribution is -2.40. The van der Waals surface area contributed by atoms with Crippen molar-refractivity contribution in [2.24, 2.45) is 0 Å². The van der Waals surface area contributed by atoms with Gasteiger partial charge in [-0.15, -0.1) is 0 Å². The number of nitrogens with one attached hydrogen (secondary N) is 1. The third-order valence-corrected chi connectivity index (χ3v) is 5.09. The molecule has 0 aromatic heterocycles. The van der Waals surface area contributed by atoms with Gasteiger partial charge in [-0.2, -0.15) is 11.8 Å². The zero-order valence-corrected chi connectivity index (χ0v) is 9.83. The lowest BCUT2D eigenvalue weighted by Gasteiger charge is -2.24. The highest BCUT2D eigenvalue weighted by Gasteiger charge is 2.42. The molecule has 0 saturated heterocycles. The average molecular weight is 215 g/mol.